The number of Topliss-reactive ketones (excluding diaryl/α,β-unsaturated/α-hetero) is 1. The van der Waals surface area contributed by atoms with Crippen LogP contribution in [-0.4, -0.2) is 5.78 Å². The van der Waals surface area contributed by atoms with Crippen LogP contribution >= 0.6 is 0 Å². The van der Waals surface area contributed by atoms with Crippen molar-refractivity contribution in [3.8, 4) is 0 Å². The Kier molecular flexibility index (Phi) is 3.09. The van der Waals surface area contributed by atoms with Crippen molar-refractivity contribution in [2.75, 3.05) is 0 Å². The van der Waals surface area contributed by atoms with Gasteiger partial charge >= 0.3 is 0 Å². The van der Waals surface area contributed by atoms with Crippen molar-refractivity contribution in [2.45, 2.75) is 26.7 Å². The van der Waals surface area contributed by atoms with Gasteiger partial charge < -0.3 is 4.42 Å². The summed E-state index contributed by atoms with van der Waals surface area (Å²) in [4.78, 5) is 11.2. The molecule has 0 unspecified atom stereocenters. The van der Waals surface area contributed by atoms with Crippen LogP contribution in [0.3, 0.4) is 0 Å². The first-order valence-electron chi connectivity index (χ1n) is 4.24. The average Bonchev–Trinajstić information content (AvgIpc) is 2.51. The molecule has 0 aliphatic carbocycles. The molecule has 0 amide bonds. The molecule has 66 valence electrons. The molecule has 1 aromatic rings. The highest BCUT2D eigenvalue weighted by molar-refractivity contribution is 5.80. The molecule has 0 fully saturated rings. The summed E-state index contributed by atoms with van der Waals surface area (Å²) in [6.45, 7) is 3.86. The summed E-state index contributed by atoms with van der Waals surface area (Å²) in [5.74, 6) is 0.466. The molecule has 0 saturated carbocycles. The summed E-state index contributed by atoms with van der Waals surface area (Å²) in [5, 5.41) is 0. The Morgan fingerprint density at radius 3 is 2.83 bits per heavy atom. The molecule has 0 aromatic carbocycles. The average molecular weight is 166 g/mol. The summed E-state index contributed by atoms with van der Waals surface area (Å²) in [6.07, 6.45) is 4.74. The van der Waals surface area contributed by atoms with Gasteiger partial charge in [0.05, 0.1) is 12.5 Å². The lowest BCUT2D eigenvalue weighted by molar-refractivity contribution is -0.121. The first-order chi connectivity index (χ1) is 5.70. The maximum atomic E-state index is 11.2. The Labute approximate surface area is 72.6 Å². The second-order valence-electron chi connectivity index (χ2n) is 3.25. The third kappa shape index (κ3) is 2.53. The zero-order valence-electron chi connectivity index (χ0n) is 7.54. The lowest BCUT2D eigenvalue weighted by atomic mass is 10.0. The Morgan fingerprint density at radius 1 is 1.58 bits per heavy atom. The van der Waals surface area contributed by atoms with Crippen molar-refractivity contribution in [1.29, 1.82) is 0 Å². The number of hydrogen-bond donors (Lipinski definition) is 0. The first kappa shape index (κ1) is 9.04. The third-order valence-corrected chi connectivity index (χ3v) is 1.88. The van der Waals surface area contributed by atoms with E-state index in [0.717, 1.165) is 12.0 Å². The fraction of sp³-hybridized carbons (Fsp3) is 0.500. The van der Waals surface area contributed by atoms with Crippen LogP contribution < -0.4 is 0 Å². The summed E-state index contributed by atoms with van der Waals surface area (Å²) in [7, 11) is 0. The van der Waals surface area contributed by atoms with Gasteiger partial charge in [0.2, 0.25) is 0 Å². The summed E-state index contributed by atoms with van der Waals surface area (Å²) in [6, 6.07) is 1.90. The normalized spacial score (nSPS) is 10.6. The maximum absolute atomic E-state index is 11.2. The fourth-order valence-corrected chi connectivity index (χ4v) is 0.991. The van der Waals surface area contributed by atoms with Crippen molar-refractivity contribution >= 4 is 5.78 Å². The molecule has 0 spiro atoms. The number of rotatable bonds is 4. The van der Waals surface area contributed by atoms with E-state index < -0.39 is 0 Å². The SMILES string of the molecule is CC(C)C(=O)CCc1ccoc1. The van der Waals surface area contributed by atoms with Gasteiger partial charge in [-0.2, -0.15) is 0 Å². The molecule has 12 heavy (non-hydrogen) atoms. The highest BCUT2D eigenvalue weighted by atomic mass is 16.3. The van der Waals surface area contributed by atoms with E-state index in [1.807, 2.05) is 19.9 Å². The summed E-state index contributed by atoms with van der Waals surface area (Å²) in [5.41, 5.74) is 1.10. The molecular weight excluding hydrogens is 152 g/mol. The number of furan rings is 1. The molecule has 0 atom stereocenters. The lowest BCUT2D eigenvalue weighted by Gasteiger charge is -2.01. The minimum Gasteiger partial charge on any atom is -0.472 e. The van der Waals surface area contributed by atoms with Crippen LogP contribution in [0.15, 0.2) is 23.0 Å². The minimum absolute atomic E-state index is 0.150. The Balaban J connectivity index is 2.32. The van der Waals surface area contributed by atoms with Crippen LogP contribution in [0, 0.1) is 5.92 Å². The van der Waals surface area contributed by atoms with E-state index in [-0.39, 0.29) is 5.92 Å². The van der Waals surface area contributed by atoms with E-state index in [1.165, 1.54) is 0 Å². The zero-order valence-corrected chi connectivity index (χ0v) is 7.54. The smallest absolute Gasteiger partial charge is 0.135 e. The van der Waals surface area contributed by atoms with Gasteiger partial charge in [-0.05, 0) is 18.1 Å². The molecule has 0 aliphatic heterocycles. The predicted octanol–water partition coefficient (Wildman–Crippen LogP) is 2.44. The molecule has 0 radical (unpaired) electrons. The van der Waals surface area contributed by atoms with Gasteiger partial charge in [0.25, 0.3) is 0 Å². The van der Waals surface area contributed by atoms with Gasteiger partial charge in [0.1, 0.15) is 5.78 Å². The molecule has 0 saturated heterocycles. The molecule has 2 nitrogen and oxygen atoms in total. The van der Waals surface area contributed by atoms with Crippen LogP contribution in [0.4, 0.5) is 0 Å². The highest BCUT2D eigenvalue weighted by Gasteiger charge is 2.06. The van der Waals surface area contributed by atoms with Crippen molar-refractivity contribution in [3.63, 3.8) is 0 Å². The largest absolute Gasteiger partial charge is 0.472 e. The molecule has 0 N–H and O–H groups in total. The Bertz CT molecular complexity index is 234. The van der Waals surface area contributed by atoms with E-state index in [0.29, 0.717) is 12.2 Å². The number of carbonyl (C=O) groups excluding carboxylic acids is 1. The van der Waals surface area contributed by atoms with Gasteiger partial charge in [0, 0.05) is 12.3 Å². The van der Waals surface area contributed by atoms with E-state index in [4.69, 9.17) is 4.42 Å². The van der Waals surface area contributed by atoms with E-state index >= 15 is 0 Å². The maximum Gasteiger partial charge on any atom is 0.135 e. The number of aryl methyl sites for hydroxylation is 1. The van der Waals surface area contributed by atoms with Crippen molar-refractivity contribution in [2.24, 2.45) is 5.92 Å². The van der Waals surface area contributed by atoms with E-state index in [9.17, 15) is 4.79 Å². The van der Waals surface area contributed by atoms with Crippen LogP contribution in [0.5, 0.6) is 0 Å². The van der Waals surface area contributed by atoms with Crippen LogP contribution in [0.2, 0.25) is 0 Å². The lowest BCUT2D eigenvalue weighted by Crippen LogP contribution is -2.07. The van der Waals surface area contributed by atoms with Crippen molar-refractivity contribution < 1.29 is 9.21 Å². The van der Waals surface area contributed by atoms with Gasteiger partial charge in [-0.3, -0.25) is 4.79 Å². The topological polar surface area (TPSA) is 30.2 Å². The molecule has 1 aromatic heterocycles. The molecule has 1 rings (SSSR count). The molecule has 2 heteroatoms. The summed E-state index contributed by atoms with van der Waals surface area (Å²) >= 11 is 0. The highest BCUT2D eigenvalue weighted by Crippen LogP contribution is 2.07. The van der Waals surface area contributed by atoms with Crippen LogP contribution in [-0.2, 0) is 11.2 Å². The van der Waals surface area contributed by atoms with Crippen molar-refractivity contribution in [1.82, 2.24) is 0 Å². The standard InChI is InChI=1S/C10H14O2/c1-8(2)10(11)4-3-9-5-6-12-7-9/h5-8H,3-4H2,1-2H3. The Hall–Kier alpha value is -1.05. The zero-order chi connectivity index (χ0) is 8.97. The molecule has 0 aliphatic rings. The second-order valence-corrected chi connectivity index (χ2v) is 3.25. The van der Waals surface area contributed by atoms with Gasteiger partial charge in [-0.15, -0.1) is 0 Å². The Morgan fingerprint density at radius 2 is 2.33 bits per heavy atom. The predicted molar refractivity (Wildman–Crippen MR) is 46.9 cm³/mol. The van der Waals surface area contributed by atoms with Crippen LogP contribution in [0.1, 0.15) is 25.8 Å². The van der Waals surface area contributed by atoms with E-state index in [2.05, 4.69) is 0 Å². The number of carbonyl (C=O) groups is 1. The number of hydrogen-bond acceptors (Lipinski definition) is 2. The van der Waals surface area contributed by atoms with Gasteiger partial charge in [-0.1, -0.05) is 13.8 Å². The molecule has 0 bridgehead atoms. The quantitative estimate of drug-likeness (QED) is 0.687. The molecular formula is C10H14O2. The third-order valence-electron chi connectivity index (χ3n) is 1.88. The first-order valence-corrected chi connectivity index (χ1v) is 4.24. The summed E-state index contributed by atoms with van der Waals surface area (Å²) < 4.78 is 4.90. The second kappa shape index (κ2) is 4.10. The fourth-order valence-electron chi connectivity index (χ4n) is 0.991. The van der Waals surface area contributed by atoms with Crippen molar-refractivity contribution in [3.05, 3.63) is 24.2 Å². The number of ketones is 1. The van der Waals surface area contributed by atoms with Crippen LogP contribution in [0.25, 0.3) is 0 Å². The minimum atomic E-state index is 0.150. The van der Waals surface area contributed by atoms with E-state index in [1.54, 1.807) is 12.5 Å². The van der Waals surface area contributed by atoms with Gasteiger partial charge in [-0.25, -0.2) is 0 Å². The monoisotopic (exact) mass is 166 g/mol. The molecule has 1 heterocycles. The van der Waals surface area contributed by atoms with Gasteiger partial charge in [0.15, 0.2) is 0 Å².